The van der Waals surface area contributed by atoms with Crippen molar-refractivity contribution in [1.82, 2.24) is 4.98 Å². The number of aryl methyl sites for hydroxylation is 1. The van der Waals surface area contributed by atoms with Crippen LogP contribution in [0.1, 0.15) is 38.0 Å². The number of carbonyl (C=O) groups excluding carboxylic acids is 1. The Balaban J connectivity index is 1.81. The second-order valence-electron chi connectivity index (χ2n) is 7.75. The molecule has 6 nitrogen and oxygen atoms in total. The molecule has 0 aliphatic carbocycles. The Bertz CT molecular complexity index is 1270. The molecule has 0 aliphatic heterocycles. The van der Waals surface area contributed by atoms with Crippen molar-refractivity contribution in [3.05, 3.63) is 100 Å². The summed E-state index contributed by atoms with van der Waals surface area (Å²) >= 11 is 1.57. The molecule has 2 heterocycles. The van der Waals surface area contributed by atoms with Gasteiger partial charge in [0.2, 0.25) is 0 Å². The van der Waals surface area contributed by atoms with Crippen LogP contribution in [0.15, 0.2) is 72.9 Å². The van der Waals surface area contributed by atoms with Gasteiger partial charge in [0.25, 0.3) is 5.91 Å². The lowest BCUT2D eigenvalue weighted by molar-refractivity contribution is 0.102. The number of hydrogen-bond acceptors (Lipinski definition) is 6. The Hall–Kier alpha value is -3.84. The topological polar surface area (TPSA) is 72.5 Å². The highest BCUT2D eigenvalue weighted by atomic mass is 32.1. The number of pyridine rings is 1. The monoisotopic (exact) mass is 473 g/mol. The van der Waals surface area contributed by atoms with Gasteiger partial charge < -0.3 is 20.1 Å². The van der Waals surface area contributed by atoms with Crippen LogP contribution in [0.25, 0.3) is 0 Å². The molecule has 4 aromatic rings. The molecule has 7 heteroatoms. The molecule has 174 valence electrons. The van der Waals surface area contributed by atoms with E-state index in [9.17, 15) is 4.79 Å². The average molecular weight is 474 g/mol. The fourth-order valence-electron chi connectivity index (χ4n) is 3.80. The Labute approximate surface area is 203 Å². The van der Waals surface area contributed by atoms with Gasteiger partial charge in [-0.2, -0.15) is 0 Å². The molecule has 0 fully saturated rings. The molecule has 0 saturated carbocycles. The van der Waals surface area contributed by atoms with Crippen LogP contribution in [0.2, 0.25) is 0 Å². The number of ether oxygens (including phenoxy) is 2. The lowest BCUT2D eigenvalue weighted by atomic mass is 9.96. The molecule has 4 rings (SSSR count). The molecule has 0 saturated heterocycles. The second kappa shape index (κ2) is 10.4. The van der Waals surface area contributed by atoms with Gasteiger partial charge in [-0.25, -0.2) is 4.98 Å². The van der Waals surface area contributed by atoms with Crippen molar-refractivity contribution in [1.29, 1.82) is 0 Å². The van der Waals surface area contributed by atoms with Gasteiger partial charge in [-0.3, -0.25) is 4.79 Å². The number of rotatable bonds is 8. The van der Waals surface area contributed by atoms with Crippen molar-refractivity contribution in [3.63, 3.8) is 0 Å². The summed E-state index contributed by atoms with van der Waals surface area (Å²) in [6.45, 7) is 4.14. The largest absolute Gasteiger partial charge is 0.493 e. The van der Waals surface area contributed by atoms with Gasteiger partial charge in [0.05, 0.1) is 20.3 Å². The van der Waals surface area contributed by atoms with Gasteiger partial charge in [-0.05, 0) is 61.4 Å². The third-order valence-corrected chi connectivity index (χ3v) is 6.82. The number of hydrogen-bond donors (Lipinski definition) is 2. The standard InChI is InChI=1S/C27H27N3O3S/c1-17-18(2)34-27(30-26(31)19-10-6-5-7-11-19)24(17)25(29-23-12-8-9-15-28-23)20-13-14-21(32-3)22(16-20)33-4/h5-16,25H,1-4H3,(H,28,29)(H,30,31)/t25-/m1/s1. The maximum absolute atomic E-state index is 13.0. The molecular formula is C27H27N3O3S. The molecule has 34 heavy (non-hydrogen) atoms. The molecule has 0 radical (unpaired) electrons. The van der Waals surface area contributed by atoms with Crippen molar-refractivity contribution in [2.24, 2.45) is 0 Å². The highest BCUT2D eigenvalue weighted by Crippen LogP contribution is 2.42. The minimum Gasteiger partial charge on any atom is -0.493 e. The number of methoxy groups -OCH3 is 2. The van der Waals surface area contributed by atoms with Crippen molar-refractivity contribution < 1.29 is 14.3 Å². The number of amides is 1. The van der Waals surface area contributed by atoms with E-state index in [0.717, 1.165) is 32.4 Å². The van der Waals surface area contributed by atoms with E-state index in [0.29, 0.717) is 17.1 Å². The number of anilines is 2. The zero-order valence-electron chi connectivity index (χ0n) is 19.6. The van der Waals surface area contributed by atoms with Gasteiger partial charge in [-0.1, -0.05) is 30.3 Å². The fourth-order valence-corrected chi connectivity index (χ4v) is 4.89. The summed E-state index contributed by atoms with van der Waals surface area (Å²) in [7, 11) is 3.24. The van der Waals surface area contributed by atoms with Crippen molar-refractivity contribution in [2.75, 3.05) is 24.9 Å². The number of carbonyl (C=O) groups is 1. The van der Waals surface area contributed by atoms with E-state index < -0.39 is 0 Å². The highest BCUT2D eigenvalue weighted by Gasteiger charge is 2.26. The number of nitrogens with zero attached hydrogens (tertiary/aromatic N) is 1. The molecule has 0 aliphatic rings. The van der Waals surface area contributed by atoms with Gasteiger partial charge in [0.15, 0.2) is 11.5 Å². The van der Waals surface area contributed by atoms with Crippen molar-refractivity contribution in [3.8, 4) is 11.5 Å². The molecule has 0 bridgehead atoms. The minimum atomic E-state index is -0.286. The van der Waals surface area contributed by atoms with E-state index in [4.69, 9.17) is 9.47 Å². The van der Waals surface area contributed by atoms with Crippen LogP contribution >= 0.6 is 11.3 Å². The van der Waals surface area contributed by atoms with E-state index in [1.54, 1.807) is 43.9 Å². The first kappa shape index (κ1) is 23.3. The van der Waals surface area contributed by atoms with Gasteiger partial charge in [-0.15, -0.1) is 11.3 Å². The number of thiophene rings is 1. The number of nitrogens with one attached hydrogen (secondary N) is 2. The van der Waals surface area contributed by atoms with Gasteiger partial charge in [0, 0.05) is 22.2 Å². The van der Waals surface area contributed by atoms with Crippen LogP contribution in [0.4, 0.5) is 10.8 Å². The fraction of sp³-hybridized carbons (Fsp3) is 0.185. The van der Waals surface area contributed by atoms with Crippen molar-refractivity contribution in [2.45, 2.75) is 19.9 Å². The average Bonchev–Trinajstić information content (AvgIpc) is 3.15. The van der Waals surface area contributed by atoms with Gasteiger partial charge in [0.1, 0.15) is 10.8 Å². The zero-order chi connectivity index (χ0) is 24.1. The third-order valence-electron chi connectivity index (χ3n) is 5.68. The maximum Gasteiger partial charge on any atom is 0.256 e. The van der Waals surface area contributed by atoms with Crippen molar-refractivity contribution >= 4 is 28.1 Å². The summed E-state index contributed by atoms with van der Waals surface area (Å²) < 4.78 is 11.0. The number of benzene rings is 2. The first-order chi connectivity index (χ1) is 16.5. The molecule has 2 aromatic carbocycles. The van der Waals surface area contributed by atoms with E-state index in [2.05, 4.69) is 29.5 Å². The van der Waals surface area contributed by atoms with Crippen LogP contribution < -0.4 is 20.1 Å². The lowest BCUT2D eigenvalue weighted by Crippen LogP contribution is -2.18. The minimum absolute atomic E-state index is 0.146. The first-order valence-electron chi connectivity index (χ1n) is 10.9. The highest BCUT2D eigenvalue weighted by molar-refractivity contribution is 7.16. The molecule has 0 spiro atoms. The summed E-state index contributed by atoms with van der Waals surface area (Å²) in [6, 6.07) is 20.5. The SMILES string of the molecule is COc1ccc([C@@H](Nc2ccccn2)c2c(NC(=O)c3ccccc3)sc(C)c2C)cc1OC. The molecule has 2 aromatic heterocycles. The molecular weight excluding hydrogens is 446 g/mol. The quantitative estimate of drug-likeness (QED) is 0.317. The zero-order valence-corrected chi connectivity index (χ0v) is 20.4. The smallest absolute Gasteiger partial charge is 0.256 e. The normalized spacial score (nSPS) is 11.5. The van der Waals surface area contributed by atoms with Crippen LogP contribution in [0.3, 0.4) is 0 Å². The van der Waals surface area contributed by atoms with E-state index >= 15 is 0 Å². The van der Waals surface area contributed by atoms with Crippen LogP contribution in [0.5, 0.6) is 11.5 Å². The second-order valence-corrected chi connectivity index (χ2v) is 8.98. The van der Waals surface area contributed by atoms with Crippen LogP contribution in [0, 0.1) is 13.8 Å². The summed E-state index contributed by atoms with van der Waals surface area (Å²) in [4.78, 5) is 18.6. The summed E-state index contributed by atoms with van der Waals surface area (Å²) in [5.74, 6) is 1.86. The lowest BCUT2D eigenvalue weighted by Gasteiger charge is -2.23. The Kier molecular flexibility index (Phi) is 7.13. The van der Waals surface area contributed by atoms with Crippen LogP contribution in [-0.2, 0) is 0 Å². The third kappa shape index (κ3) is 4.89. The van der Waals surface area contributed by atoms with E-state index in [1.165, 1.54) is 0 Å². The van der Waals surface area contributed by atoms with E-state index in [1.807, 2.05) is 54.6 Å². The molecule has 1 atom stereocenters. The molecule has 1 amide bonds. The predicted molar refractivity (Wildman–Crippen MR) is 137 cm³/mol. The predicted octanol–water partition coefficient (Wildman–Crippen LogP) is 6.23. The first-order valence-corrected chi connectivity index (χ1v) is 11.7. The Morgan fingerprint density at radius 2 is 1.68 bits per heavy atom. The summed E-state index contributed by atoms with van der Waals surface area (Å²) in [5.41, 5.74) is 3.66. The Morgan fingerprint density at radius 3 is 2.35 bits per heavy atom. The summed E-state index contributed by atoms with van der Waals surface area (Å²) in [5, 5.41) is 7.49. The number of aromatic nitrogens is 1. The molecule has 2 N–H and O–H groups in total. The van der Waals surface area contributed by atoms with E-state index in [-0.39, 0.29) is 11.9 Å². The summed E-state index contributed by atoms with van der Waals surface area (Å²) in [6.07, 6.45) is 1.75. The Morgan fingerprint density at radius 1 is 0.941 bits per heavy atom. The van der Waals surface area contributed by atoms with Gasteiger partial charge >= 0.3 is 0 Å². The molecule has 0 unspecified atom stereocenters. The van der Waals surface area contributed by atoms with Crippen LogP contribution in [-0.4, -0.2) is 25.1 Å². The maximum atomic E-state index is 13.0.